The number of carbonyl (C=O) groups excluding carboxylic acids is 1. The summed E-state index contributed by atoms with van der Waals surface area (Å²) in [7, 11) is 1.47. The van der Waals surface area contributed by atoms with Crippen LogP contribution in [-0.2, 0) is 9.53 Å². The third-order valence-electron chi connectivity index (χ3n) is 3.63. The van der Waals surface area contributed by atoms with Crippen LogP contribution < -0.4 is 5.32 Å². The van der Waals surface area contributed by atoms with Crippen molar-refractivity contribution >= 4 is 23.4 Å². The van der Waals surface area contributed by atoms with E-state index < -0.39 is 5.54 Å². The second-order valence-electron chi connectivity index (χ2n) is 6.40. The van der Waals surface area contributed by atoms with Gasteiger partial charge in [0.1, 0.15) is 5.54 Å². The van der Waals surface area contributed by atoms with Crippen LogP contribution in [0, 0.1) is 12.3 Å². The van der Waals surface area contributed by atoms with Gasteiger partial charge in [0.05, 0.1) is 7.11 Å². The van der Waals surface area contributed by atoms with E-state index in [9.17, 15) is 4.79 Å². The lowest BCUT2D eigenvalue weighted by molar-refractivity contribution is -0.146. The third kappa shape index (κ3) is 3.29. The Labute approximate surface area is 125 Å². The molecule has 20 heavy (non-hydrogen) atoms. The van der Waals surface area contributed by atoms with Crippen molar-refractivity contribution in [2.75, 3.05) is 23.9 Å². The van der Waals surface area contributed by atoms with Crippen LogP contribution in [-0.4, -0.2) is 30.1 Å². The first-order valence-electron chi connectivity index (χ1n) is 6.88. The molecule has 3 nitrogen and oxygen atoms in total. The van der Waals surface area contributed by atoms with Crippen LogP contribution in [0.3, 0.4) is 0 Å². The number of methoxy groups -OCH3 is 1. The van der Waals surface area contributed by atoms with E-state index in [1.54, 1.807) is 0 Å². The number of ether oxygens (including phenoxy) is 1. The molecule has 1 aliphatic heterocycles. The van der Waals surface area contributed by atoms with Crippen LogP contribution in [0.4, 0.5) is 5.69 Å². The van der Waals surface area contributed by atoms with Gasteiger partial charge >= 0.3 is 5.97 Å². The minimum absolute atomic E-state index is 0.120. The Balaban J connectivity index is 2.28. The lowest BCUT2D eigenvalue weighted by Crippen LogP contribution is -2.55. The van der Waals surface area contributed by atoms with E-state index >= 15 is 0 Å². The first-order chi connectivity index (χ1) is 9.37. The number of nitrogens with one attached hydrogen (secondary N) is 1. The average Bonchev–Trinajstić information content (AvgIpc) is 2.39. The quantitative estimate of drug-likeness (QED) is 0.866. The summed E-state index contributed by atoms with van der Waals surface area (Å²) in [6.07, 6.45) is 0.785. The standard InChI is InChI=1S/C16H23NO2S/c1-12-5-7-13(8-6-12)17-16(14(18)19-4)9-15(2,3)10-20-11-16/h5-8,17H,9-11H2,1-4H3. The van der Waals surface area contributed by atoms with Crippen LogP contribution in [0.15, 0.2) is 24.3 Å². The highest BCUT2D eigenvalue weighted by Crippen LogP contribution is 2.41. The van der Waals surface area contributed by atoms with Gasteiger partial charge in [-0.25, -0.2) is 4.79 Å². The van der Waals surface area contributed by atoms with Crippen molar-refractivity contribution in [1.29, 1.82) is 0 Å². The normalized spacial score (nSPS) is 25.0. The summed E-state index contributed by atoms with van der Waals surface area (Å²) >= 11 is 1.81. The van der Waals surface area contributed by atoms with Crippen molar-refractivity contribution in [2.24, 2.45) is 5.41 Å². The van der Waals surface area contributed by atoms with Crippen LogP contribution in [0.1, 0.15) is 25.8 Å². The van der Waals surface area contributed by atoms with E-state index in [-0.39, 0.29) is 11.4 Å². The monoisotopic (exact) mass is 293 g/mol. The fourth-order valence-electron chi connectivity index (χ4n) is 2.79. The van der Waals surface area contributed by atoms with Gasteiger partial charge < -0.3 is 10.1 Å². The highest BCUT2D eigenvalue weighted by Gasteiger charge is 2.47. The van der Waals surface area contributed by atoms with Gasteiger partial charge in [-0.15, -0.1) is 0 Å². The Morgan fingerprint density at radius 2 is 1.90 bits per heavy atom. The number of benzene rings is 1. The van der Waals surface area contributed by atoms with Gasteiger partial charge in [0, 0.05) is 11.4 Å². The topological polar surface area (TPSA) is 38.3 Å². The zero-order valence-electron chi connectivity index (χ0n) is 12.7. The van der Waals surface area contributed by atoms with E-state index in [0.717, 1.165) is 23.6 Å². The maximum atomic E-state index is 12.3. The highest BCUT2D eigenvalue weighted by atomic mass is 32.2. The predicted molar refractivity (Wildman–Crippen MR) is 85.3 cm³/mol. The number of aryl methyl sites for hydroxylation is 1. The first-order valence-corrected chi connectivity index (χ1v) is 8.03. The van der Waals surface area contributed by atoms with E-state index in [2.05, 4.69) is 38.2 Å². The van der Waals surface area contributed by atoms with Gasteiger partial charge in [-0.2, -0.15) is 11.8 Å². The number of anilines is 1. The molecular formula is C16H23NO2S. The molecule has 1 heterocycles. The van der Waals surface area contributed by atoms with E-state index in [4.69, 9.17) is 4.74 Å². The molecule has 1 aromatic carbocycles. The lowest BCUT2D eigenvalue weighted by atomic mass is 9.79. The summed E-state index contributed by atoms with van der Waals surface area (Å²) in [5.74, 6) is 1.65. The predicted octanol–water partition coefficient (Wildman–Crippen LogP) is 3.48. The van der Waals surface area contributed by atoms with Crippen molar-refractivity contribution in [1.82, 2.24) is 0 Å². The summed E-state index contributed by atoms with van der Waals surface area (Å²) in [4.78, 5) is 12.3. The summed E-state index contributed by atoms with van der Waals surface area (Å²) in [6.45, 7) is 6.46. The molecule has 1 fully saturated rings. The molecule has 4 heteroatoms. The Morgan fingerprint density at radius 3 is 2.45 bits per heavy atom. The summed E-state index contributed by atoms with van der Waals surface area (Å²) < 4.78 is 5.07. The maximum Gasteiger partial charge on any atom is 0.332 e. The van der Waals surface area contributed by atoms with Crippen LogP contribution >= 0.6 is 11.8 Å². The molecule has 0 spiro atoms. The molecule has 1 saturated heterocycles. The Morgan fingerprint density at radius 1 is 1.25 bits per heavy atom. The lowest BCUT2D eigenvalue weighted by Gasteiger charge is -2.43. The molecule has 0 bridgehead atoms. The zero-order valence-corrected chi connectivity index (χ0v) is 13.5. The number of esters is 1. The molecule has 1 aromatic rings. The second kappa shape index (κ2) is 5.68. The number of rotatable bonds is 3. The van der Waals surface area contributed by atoms with E-state index in [1.165, 1.54) is 12.7 Å². The number of hydrogen-bond donors (Lipinski definition) is 1. The van der Waals surface area contributed by atoms with Gasteiger partial charge in [0.15, 0.2) is 0 Å². The van der Waals surface area contributed by atoms with Crippen molar-refractivity contribution in [3.63, 3.8) is 0 Å². The number of hydrogen-bond acceptors (Lipinski definition) is 4. The van der Waals surface area contributed by atoms with E-state index in [0.29, 0.717) is 0 Å². The molecule has 1 unspecified atom stereocenters. The van der Waals surface area contributed by atoms with Crippen molar-refractivity contribution in [3.8, 4) is 0 Å². The minimum Gasteiger partial charge on any atom is -0.467 e. The second-order valence-corrected chi connectivity index (χ2v) is 7.38. The Bertz CT molecular complexity index is 484. The van der Waals surface area contributed by atoms with Gasteiger partial charge in [-0.3, -0.25) is 0 Å². The van der Waals surface area contributed by atoms with Crippen molar-refractivity contribution in [2.45, 2.75) is 32.7 Å². The molecule has 0 saturated carbocycles. The summed E-state index contributed by atoms with van der Waals surface area (Å²) in [5.41, 5.74) is 1.67. The highest BCUT2D eigenvalue weighted by molar-refractivity contribution is 7.99. The fourth-order valence-corrected chi connectivity index (χ4v) is 4.19. The Hall–Kier alpha value is -1.16. The van der Waals surface area contributed by atoms with Crippen LogP contribution in [0.2, 0.25) is 0 Å². The smallest absolute Gasteiger partial charge is 0.332 e. The fraction of sp³-hybridized carbons (Fsp3) is 0.562. The zero-order chi connectivity index (χ0) is 14.8. The number of carbonyl (C=O) groups is 1. The summed E-state index contributed by atoms with van der Waals surface area (Å²) in [5, 5.41) is 3.43. The van der Waals surface area contributed by atoms with Crippen LogP contribution in [0.5, 0.6) is 0 Å². The molecule has 2 rings (SSSR count). The average molecular weight is 293 g/mol. The molecular weight excluding hydrogens is 270 g/mol. The third-order valence-corrected chi connectivity index (χ3v) is 5.32. The minimum atomic E-state index is -0.629. The molecule has 1 atom stereocenters. The molecule has 0 aliphatic carbocycles. The molecule has 0 radical (unpaired) electrons. The summed E-state index contributed by atoms with van der Waals surface area (Å²) in [6, 6.07) is 8.14. The van der Waals surface area contributed by atoms with Gasteiger partial charge in [0.2, 0.25) is 0 Å². The van der Waals surface area contributed by atoms with Gasteiger partial charge in [-0.1, -0.05) is 31.5 Å². The molecule has 0 aromatic heterocycles. The van der Waals surface area contributed by atoms with Gasteiger partial charge in [0.25, 0.3) is 0 Å². The SMILES string of the molecule is COC(=O)C1(Nc2ccc(C)cc2)CSCC(C)(C)C1. The first kappa shape index (κ1) is 15.2. The molecule has 110 valence electrons. The van der Waals surface area contributed by atoms with Crippen molar-refractivity contribution in [3.05, 3.63) is 29.8 Å². The number of thioether (sulfide) groups is 1. The molecule has 1 aliphatic rings. The Kier molecular flexibility index (Phi) is 4.33. The van der Waals surface area contributed by atoms with E-state index in [1.807, 2.05) is 23.9 Å². The van der Waals surface area contributed by atoms with Gasteiger partial charge in [-0.05, 0) is 36.6 Å². The largest absolute Gasteiger partial charge is 0.467 e. The van der Waals surface area contributed by atoms with Crippen molar-refractivity contribution < 1.29 is 9.53 Å². The van der Waals surface area contributed by atoms with Crippen LogP contribution in [0.25, 0.3) is 0 Å². The molecule has 0 amide bonds. The molecule has 1 N–H and O–H groups in total. The maximum absolute atomic E-state index is 12.3.